The SMILES string of the molecule is CC(C)C(SCC1CCCCC1)C(=O)O. The number of rotatable bonds is 5. The summed E-state index contributed by atoms with van der Waals surface area (Å²) in [5.41, 5.74) is 0. The van der Waals surface area contributed by atoms with Gasteiger partial charge < -0.3 is 5.11 Å². The fourth-order valence-electron chi connectivity index (χ4n) is 2.14. The summed E-state index contributed by atoms with van der Waals surface area (Å²) in [7, 11) is 0. The maximum absolute atomic E-state index is 11.0. The van der Waals surface area contributed by atoms with Crippen LogP contribution < -0.4 is 0 Å². The van der Waals surface area contributed by atoms with Gasteiger partial charge in [-0.3, -0.25) is 4.79 Å². The van der Waals surface area contributed by atoms with E-state index in [0.717, 1.165) is 11.7 Å². The van der Waals surface area contributed by atoms with Crippen LogP contribution in [0, 0.1) is 11.8 Å². The predicted octanol–water partition coefficient (Wildman–Crippen LogP) is 3.41. The van der Waals surface area contributed by atoms with Crippen LogP contribution in [-0.2, 0) is 4.79 Å². The van der Waals surface area contributed by atoms with E-state index in [1.807, 2.05) is 13.8 Å². The smallest absolute Gasteiger partial charge is 0.316 e. The van der Waals surface area contributed by atoms with Crippen LogP contribution in [0.15, 0.2) is 0 Å². The van der Waals surface area contributed by atoms with Gasteiger partial charge in [0.2, 0.25) is 0 Å². The molecule has 0 bridgehead atoms. The lowest BCUT2D eigenvalue weighted by molar-refractivity contribution is -0.137. The van der Waals surface area contributed by atoms with Crippen molar-refractivity contribution in [2.45, 2.75) is 51.2 Å². The average molecular weight is 230 g/mol. The van der Waals surface area contributed by atoms with Gasteiger partial charge in [-0.1, -0.05) is 33.1 Å². The topological polar surface area (TPSA) is 37.3 Å². The monoisotopic (exact) mass is 230 g/mol. The third kappa shape index (κ3) is 4.45. The van der Waals surface area contributed by atoms with E-state index >= 15 is 0 Å². The highest BCUT2D eigenvalue weighted by molar-refractivity contribution is 8.00. The molecule has 1 saturated carbocycles. The van der Waals surface area contributed by atoms with E-state index < -0.39 is 5.97 Å². The third-order valence-electron chi connectivity index (χ3n) is 3.09. The van der Waals surface area contributed by atoms with Crippen LogP contribution in [0.2, 0.25) is 0 Å². The molecule has 2 nitrogen and oxygen atoms in total. The minimum absolute atomic E-state index is 0.216. The highest BCUT2D eigenvalue weighted by atomic mass is 32.2. The molecule has 1 N–H and O–H groups in total. The lowest BCUT2D eigenvalue weighted by atomic mass is 9.91. The van der Waals surface area contributed by atoms with E-state index in [4.69, 9.17) is 5.11 Å². The van der Waals surface area contributed by atoms with Crippen LogP contribution in [0.3, 0.4) is 0 Å². The summed E-state index contributed by atoms with van der Waals surface area (Å²) in [4.78, 5) is 11.0. The number of thioether (sulfide) groups is 1. The van der Waals surface area contributed by atoms with Gasteiger partial charge in [0.25, 0.3) is 0 Å². The first-order valence-electron chi connectivity index (χ1n) is 5.95. The van der Waals surface area contributed by atoms with E-state index in [0.29, 0.717) is 0 Å². The van der Waals surface area contributed by atoms with Crippen molar-refractivity contribution < 1.29 is 9.90 Å². The summed E-state index contributed by atoms with van der Waals surface area (Å²) in [6, 6.07) is 0. The standard InChI is InChI=1S/C12H22O2S/c1-9(2)11(12(13)14)15-8-10-6-4-3-5-7-10/h9-11H,3-8H2,1-2H3,(H,13,14). The van der Waals surface area contributed by atoms with Gasteiger partial charge in [-0.25, -0.2) is 0 Å². The Bertz CT molecular complexity index is 198. The molecule has 0 aromatic heterocycles. The molecule has 0 saturated heterocycles. The number of aliphatic carboxylic acids is 1. The normalized spacial score (nSPS) is 20.5. The van der Waals surface area contributed by atoms with E-state index in [1.165, 1.54) is 32.1 Å². The Kier molecular flexibility index (Phi) is 5.51. The molecule has 0 aromatic rings. The Balaban J connectivity index is 2.29. The van der Waals surface area contributed by atoms with Crippen molar-refractivity contribution in [1.29, 1.82) is 0 Å². The van der Waals surface area contributed by atoms with Crippen molar-refractivity contribution in [1.82, 2.24) is 0 Å². The van der Waals surface area contributed by atoms with Gasteiger partial charge in [0, 0.05) is 0 Å². The molecule has 1 rings (SSSR count). The molecule has 1 aliphatic rings. The Hall–Kier alpha value is -0.180. The maximum Gasteiger partial charge on any atom is 0.316 e. The first-order valence-corrected chi connectivity index (χ1v) is 7.00. The average Bonchev–Trinajstić information content (AvgIpc) is 2.18. The zero-order valence-electron chi connectivity index (χ0n) is 9.74. The molecular weight excluding hydrogens is 208 g/mol. The molecule has 3 heteroatoms. The second-order valence-electron chi connectivity index (χ2n) is 4.84. The highest BCUT2D eigenvalue weighted by Gasteiger charge is 2.23. The number of hydrogen-bond acceptors (Lipinski definition) is 2. The van der Waals surface area contributed by atoms with E-state index in [1.54, 1.807) is 11.8 Å². The number of hydrogen-bond donors (Lipinski definition) is 1. The van der Waals surface area contributed by atoms with Crippen molar-refractivity contribution >= 4 is 17.7 Å². The molecular formula is C12H22O2S. The van der Waals surface area contributed by atoms with Gasteiger partial charge >= 0.3 is 5.97 Å². The van der Waals surface area contributed by atoms with E-state index in [2.05, 4.69) is 0 Å². The molecule has 1 unspecified atom stereocenters. The Morgan fingerprint density at radius 3 is 2.40 bits per heavy atom. The molecule has 0 spiro atoms. The summed E-state index contributed by atoms with van der Waals surface area (Å²) >= 11 is 1.64. The quantitative estimate of drug-likeness (QED) is 0.786. The summed E-state index contributed by atoms with van der Waals surface area (Å²) in [5, 5.41) is 8.84. The fraction of sp³-hybridized carbons (Fsp3) is 0.917. The van der Waals surface area contributed by atoms with Crippen LogP contribution in [-0.4, -0.2) is 22.1 Å². The highest BCUT2D eigenvalue weighted by Crippen LogP contribution is 2.30. The number of carboxylic acid groups (broad SMARTS) is 1. The van der Waals surface area contributed by atoms with Crippen LogP contribution >= 0.6 is 11.8 Å². The Morgan fingerprint density at radius 2 is 1.93 bits per heavy atom. The van der Waals surface area contributed by atoms with Crippen LogP contribution in [0.4, 0.5) is 0 Å². The second-order valence-corrected chi connectivity index (χ2v) is 6.01. The van der Waals surface area contributed by atoms with Gasteiger partial charge in [-0.05, 0) is 30.4 Å². The minimum atomic E-state index is -0.647. The molecule has 1 aliphatic carbocycles. The Morgan fingerprint density at radius 1 is 1.33 bits per heavy atom. The fourth-order valence-corrected chi connectivity index (χ4v) is 3.48. The summed E-state index contributed by atoms with van der Waals surface area (Å²) in [5.74, 6) is 1.39. The predicted molar refractivity (Wildman–Crippen MR) is 65.3 cm³/mol. The first-order chi connectivity index (χ1) is 7.11. The molecule has 1 atom stereocenters. The summed E-state index contributed by atoms with van der Waals surface area (Å²) < 4.78 is 0. The molecule has 0 aliphatic heterocycles. The summed E-state index contributed by atoms with van der Waals surface area (Å²) in [6.07, 6.45) is 6.65. The van der Waals surface area contributed by atoms with Crippen molar-refractivity contribution in [3.05, 3.63) is 0 Å². The van der Waals surface area contributed by atoms with Gasteiger partial charge in [0.15, 0.2) is 0 Å². The van der Waals surface area contributed by atoms with Crippen LogP contribution in [0.5, 0.6) is 0 Å². The maximum atomic E-state index is 11.0. The van der Waals surface area contributed by atoms with E-state index in [9.17, 15) is 4.79 Å². The molecule has 88 valence electrons. The lowest BCUT2D eigenvalue weighted by Crippen LogP contribution is -2.24. The number of carbonyl (C=O) groups is 1. The first kappa shape index (κ1) is 12.9. The van der Waals surface area contributed by atoms with Crippen LogP contribution in [0.25, 0.3) is 0 Å². The van der Waals surface area contributed by atoms with Gasteiger partial charge in [0.1, 0.15) is 5.25 Å². The van der Waals surface area contributed by atoms with Gasteiger partial charge in [0.05, 0.1) is 0 Å². The second kappa shape index (κ2) is 6.41. The summed E-state index contributed by atoms with van der Waals surface area (Å²) in [6.45, 7) is 3.99. The van der Waals surface area contributed by atoms with Crippen molar-refractivity contribution in [3.8, 4) is 0 Å². The molecule has 1 fully saturated rings. The molecule has 0 aromatic carbocycles. The van der Waals surface area contributed by atoms with Gasteiger partial charge in [-0.15, -0.1) is 11.8 Å². The van der Waals surface area contributed by atoms with Crippen molar-refractivity contribution in [2.75, 3.05) is 5.75 Å². The van der Waals surface area contributed by atoms with Gasteiger partial charge in [-0.2, -0.15) is 0 Å². The number of carboxylic acids is 1. The molecule has 0 heterocycles. The zero-order chi connectivity index (χ0) is 11.3. The van der Waals surface area contributed by atoms with Crippen molar-refractivity contribution in [2.24, 2.45) is 11.8 Å². The minimum Gasteiger partial charge on any atom is -0.480 e. The third-order valence-corrected chi connectivity index (χ3v) is 4.85. The lowest BCUT2D eigenvalue weighted by Gasteiger charge is -2.23. The molecule has 0 amide bonds. The van der Waals surface area contributed by atoms with Crippen LogP contribution in [0.1, 0.15) is 46.0 Å². The van der Waals surface area contributed by atoms with E-state index in [-0.39, 0.29) is 11.2 Å². The Labute approximate surface area is 96.8 Å². The largest absolute Gasteiger partial charge is 0.480 e. The molecule has 15 heavy (non-hydrogen) atoms. The van der Waals surface area contributed by atoms with Crippen molar-refractivity contribution in [3.63, 3.8) is 0 Å². The molecule has 0 radical (unpaired) electrons. The zero-order valence-corrected chi connectivity index (χ0v) is 10.6.